The van der Waals surface area contributed by atoms with E-state index in [1.54, 1.807) is 0 Å². The zero-order valence-electron chi connectivity index (χ0n) is 26.4. The number of carbonyl (C=O) groups excluding carboxylic acids is 4. The van der Waals surface area contributed by atoms with Gasteiger partial charge in [0, 0.05) is 43.4 Å². The lowest BCUT2D eigenvalue weighted by Crippen LogP contribution is -2.50. The van der Waals surface area contributed by atoms with Crippen molar-refractivity contribution in [3.8, 4) is 0 Å². The first kappa shape index (κ1) is 30.4. The molecule has 4 fully saturated rings. The van der Waals surface area contributed by atoms with Crippen LogP contribution in [0.5, 0.6) is 0 Å². The molecule has 4 aliphatic carbocycles. The topological polar surface area (TPSA) is 125 Å². The number of hydrogen-bond acceptors (Lipinski definition) is 9. The summed E-state index contributed by atoms with van der Waals surface area (Å²) in [4.78, 5) is 50.7. The molecule has 0 aromatic rings. The Bertz CT molecular complexity index is 1310. The maximum absolute atomic E-state index is 14.3. The van der Waals surface area contributed by atoms with Gasteiger partial charge in [-0.3, -0.25) is 19.2 Å². The third kappa shape index (κ3) is 4.19. The van der Waals surface area contributed by atoms with Crippen molar-refractivity contribution in [2.45, 2.75) is 111 Å². The Kier molecular flexibility index (Phi) is 7.38. The fourth-order valence-electron chi connectivity index (χ4n) is 10.6. The number of ether oxygens (including phenoxy) is 4. The van der Waals surface area contributed by atoms with Gasteiger partial charge in [0.15, 0.2) is 0 Å². The summed E-state index contributed by atoms with van der Waals surface area (Å²) in [6.45, 7) is 13.4. The van der Waals surface area contributed by atoms with Crippen LogP contribution in [0.3, 0.4) is 0 Å². The normalized spacial score (nSPS) is 43.6. The molecule has 9 nitrogen and oxygen atoms in total. The van der Waals surface area contributed by atoms with Gasteiger partial charge in [0.1, 0.15) is 18.3 Å². The minimum absolute atomic E-state index is 0.0243. The molecule has 0 radical (unpaired) electrons. The van der Waals surface area contributed by atoms with E-state index in [1.807, 2.05) is 13.8 Å². The highest BCUT2D eigenvalue weighted by molar-refractivity contribution is 5.84. The van der Waals surface area contributed by atoms with Crippen molar-refractivity contribution in [2.75, 3.05) is 6.61 Å². The van der Waals surface area contributed by atoms with Crippen LogP contribution in [0.2, 0.25) is 0 Å². The van der Waals surface area contributed by atoms with Gasteiger partial charge in [-0.15, -0.1) is 0 Å². The first-order chi connectivity index (χ1) is 20.2. The van der Waals surface area contributed by atoms with E-state index >= 15 is 0 Å². The van der Waals surface area contributed by atoms with Gasteiger partial charge in [-0.2, -0.15) is 0 Å². The summed E-state index contributed by atoms with van der Waals surface area (Å²) < 4.78 is 23.4. The summed E-state index contributed by atoms with van der Waals surface area (Å²) in [5, 5.41) is 12.2. The molecule has 6 rings (SSSR count). The molecule has 9 heteroatoms. The lowest BCUT2D eigenvalue weighted by molar-refractivity contribution is -0.156. The van der Waals surface area contributed by atoms with Gasteiger partial charge in [-0.1, -0.05) is 37.5 Å². The largest absolute Gasteiger partial charge is 0.466 e. The summed E-state index contributed by atoms with van der Waals surface area (Å²) in [7, 11) is 0. The lowest BCUT2D eigenvalue weighted by Gasteiger charge is -2.45. The quantitative estimate of drug-likeness (QED) is 0.204. The molecule has 2 heterocycles. The Morgan fingerprint density at radius 1 is 1.05 bits per heavy atom. The molecule has 12 atom stereocenters. The van der Waals surface area contributed by atoms with Gasteiger partial charge >= 0.3 is 23.9 Å². The molecule has 0 amide bonds. The number of aliphatic hydroxyl groups is 1. The van der Waals surface area contributed by atoms with Crippen LogP contribution in [0.1, 0.15) is 87.0 Å². The van der Waals surface area contributed by atoms with Gasteiger partial charge < -0.3 is 24.1 Å². The Morgan fingerprint density at radius 2 is 1.77 bits per heavy atom. The number of esters is 4. The zero-order valence-corrected chi connectivity index (χ0v) is 26.4. The average molecular weight is 599 g/mol. The van der Waals surface area contributed by atoms with E-state index in [0.29, 0.717) is 38.7 Å². The molecule has 2 saturated carbocycles. The monoisotopic (exact) mass is 598 g/mol. The molecule has 43 heavy (non-hydrogen) atoms. The second kappa shape index (κ2) is 10.5. The molecule has 0 aromatic carbocycles. The van der Waals surface area contributed by atoms with Gasteiger partial charge in [-0.05, 0) is 63.4 Å². The van der Waals surface area contributed by atoms with Crippen LogP contribution in [0.25, 0.3) is 0 Å². The maximum atomic E-state index is 14.3. The third-order valence-electron chi connectivity index (χ3n) is 12.3. The number of rotatable bonds is 6. The summed E-state index contributed by atoms with van der Waals surface area (Å²) >= 11 is 0. The first-order valence-electron chi connectivity index (χ1n) is 16.1. The number of aliphatic hydroxyl groups excluding tert-OH is 1. The molecule has 2 aliphatic heterocycles. The Labute approximate surface area is 253 Å². The lowest BCUT2D eigenvalue weighted by atomic mass is 9.55. The first-order valence-corrected chi connectivity index (χ1v) is 16.1. The molecule has 2 bridgehead atoms. The highest BCUT2D eigenvalue weighted by atomic mass is 16.6. The van der Waals surface area contributed by atoms with Crippen LogP contribution < -0.4 is 0 Å². The zero-order chi connectivity index (χ0) is 31.2. The molecular weight excluding hydrogens is 552 g/mol. The minimum Gasteiger partial charge on any atom is -0.466 e. The minimum atomic E-state index is -1.03. The highest BCUT2D eigenvalue weighted by Crippen LogP contribution is 2.76. The molecule has 6 aliphatic rings. The fourth-order valence-corrected chi connectivity index (χ4v) is 10.6. The van der Waals surface area contributed by atoms with E-state index in [-0.39, 0.29) is 53.7 Å². The van der Waals surface area contributed by atoms with Crippen molar-refractivity contribution in [3.05, 3.63) is 22.3 Å². The van der Waals surface area contributed by atoms with Crippen molar-refractivity contribution >= 4 is 23.9 Å². The van der Waals surface area contributed by atoms with Gasteiger partial charge in [-0.25, -0.2) is 0 Å². The van der Waals surface area contributed by atoms with Crippen LogP contribution in [-0.4, -0.2) is 60.0 Å². The molecular formula is C34H46O9. The van der Waals surface area contributed by atoms with Crippen molar-refractivity contribution in [1.29, 1.82) is 0 Å². The van der Waals surface area contributed by atoms with Crippen LogP contribution >= 0.6 is 0 Å². The van der Waals surface area contributed by atoms with Crippen LogP contribution in [0.4, 0.5) is 0 Å². The summed E-state index contributed by atoms with van der Waals surface area (Å²) in [6.07, 6.45) is 1.62. The molecule has 2 saturated heterocycles. The standard InChI is InChI=1S/C34H46O9/c1-15(9-8-10-40-20(6)35)26-16(2)11-25-28(29(26)37)34(32(39)43-25)14-33-17(3)12-24-22(18(4)31(38)42-24)13-23(33)19(5)27(34)30(33)41-21(7)36/h15,17-18,22,24-25,27-30,37H,8-14H2,1-7H3/t15-,17-,18-,22+,24-,25+,27-,28+,29+,30-,33-,34+/m0/s1. The van der Waals surface area contributed by atoms with Crippen molar-refractivity contribution in [2.24, 2.45) is 46.3 Å². The predicted octanol–water partition coefficient (Wildman–Crippen LogP) is 4.45. The van der Waals surface area contributed by atoms with Gasteiger partial charge in [0.05, 0.1) is 24.0 Å². The van der Waals surface area contributed by atoms with Crippen LogP contribution in [0, 0.1) is 46.3 Å². The second-order valence-corrected chi connectivity index (χ2v) is 14.4. The molecule has 2 spiro atoms. The Morgan fingerprint density at radius 3 is 2.44 bits per heavy atom. The van der Waals surface area contributed by atoms with Crippen molar-refractivity contribution in [3.63, 3.8) is 0 Å². The summed E-state index contributed by atoms with van der Waals surface area (Å²) in [5.74, 6) is -2.20. The van der Waals surface area contributed by atoms with Crippen LogP contribution in [0.15, 0.2) is 22.3 Å². The van der Waals surface area contributed by atoms with Crippen LogP contribution in [-0.2, 0) is 38.1 Å². The Balaban J connectivity index is 1.40. The number of carbonyl (C=O) groups is 4. The highest BCUT2D eigenvalue weighted by Gasteiger charge is 2.79. The van der Waals surface area contributed by atoms with Crippen molar-refractivity contribution in [1.82, 2.24) is 0 Å². The van der Waals surface area contributed by atoms with Gasteiger partial charge in [0.2, 0.25) is 0 Å². The Hall–Kier alpha value is -2.68. The fraction of sp³-hybridized carbons (Fsp3) is 0.765. The van der Waals surface area contributed by atoms with E-state index in [4.69, 9.17) is 18.9 Å². The molecule has 0 aromatic heterocycles. The third-order valence-corrected chi connectivity index (χ3v) is 12.3. The average Bonchev–Trinajstić information content (AvgIpc) is 3.49. The number of hydrogen-bond donors (Lipinski definition) is 1. The second-order valence-electron chi connectivity index (χ2n) is 14.4. The number of fused-ring (bicyclic) bond motifs is 5. The maximum Gasteiger partial charge on any atom is 0.313 e. The summed E-state index contributed by atoms with van der Waals surface area (Å²) in [5.41, 5.74) is 2.59. The molecule has 0 unspecified atom stereocenters. The smallest absolute Gasteiger partial charge is 0.313 e. The molecule has 236 valence electrons. The molecule has 1 N–H and O–H groups in total. The summed E-state index contributed by atoms with van der Waals surface area (Å²) in [6, 6.07) is 0. The van der Waals surface area contributed by atoms with E-state index in [9.17, 15) is 24.3 Å². The van der Waals surface area contributed by atoms with E-state index in [0.717, 1.165) is 23.1 Å². The van der Waals surface area contributed by atoms with E-state index in [1.165, 1.54) is 19.4 Å². The van der Waals surface area contributed by atoms with E-state index in [2.05, 4.69) is 20.8 Å². The predicted molar refractivity (Wildman–Crippen MR) is 154 cm³/mol. The van der Waals surface area contributed by atoms with Crippen molar-refractivity contribution < 1.29 is 43.2 Å². The SMILES string of the molecule is CC(=O)OCCC[C@H](C)C1=C(C)C[C@H]2OC(=O)[C@@]3(C[C@]45C(=C(C)[C@H]3[C@@H]4OC(C)=O)C[C@H]3[C@H](C[C@@H]5C)OC(=O)[C@H]3C)[C@H]2[C@@H]1O. The van der Waals surface area contributed by atoms with E-state index < -0.39 is 41.0 Å². The van der Waals surface area contributed by atoms with Gasteiger partial charge in [0.25, 0.3) is 0 Å².